The lowest BCUT2D eigenvalue weighted by Gasteiger charge is -2.04. The molecule has 0 saturated heterocycles. The van der Waals surface area contributed by atoms with Crippen molar-refractivity contribution >= 4 is 66.6 Å². The normalized spacial score (nSPS) is 9.79. The van der Waals surface area contributed by atoms with Gasteiger partial charge in [0.15, 0.2) is 0 Å². The molecule has 186 valence electrons. The molecule has 0 atom stereocenters. The lowest BCUT2D eigenvalue weighted by Crippen LogP contribution is -2.24. The smallest absolute Gasteiger partial charge is 0.254 e. The minimum atomic E-state index is -0.442. The van der Waals surface area contributed by atoms with E-state index in [-0.39, 0.29) is 67.8 Å². The summed E-state index contributed by atoms with van der Waals surface area (Å²) in [5.74, 6) is 0.192. The second-order valence-electron chi connectivity index (χ2n) is 6.81. The van der Waals surface area contributed by atoms with E-state index in [0.717, 1.165) is 29.8 Å². The van der Waals surface area contributed by atoms with Crippen LogP contribution in [0.5, 0.6) is 0 Å². The number of amides is 1. The molecule has 8 nitrogen and oxygen atoms in total. The molecule has 3 N–H and O–H groups in total. The average molecular weight is 553 g/mol. The van der Waals surface area contributed by atoms with Gasteiger partial charge in [0.05, 0.1) is 41.6 Å². The van der Waals surface area contributed by atoms with Crippen molar-refractivity contribution in [2.75, 3.05) is 13.1 Å². The van der Waals surface area contributed by atoms with Crippen molar-refractivity contribution in [1.82, 2.24) is 35.4 Å². The number of imidazole rings is 1. The second kappa shape index (κ2) is 15.5. The Morgan fingerprint density at radius 1 is 1.06 bits per heavy atom. The average Bonchev–Trinajstić information content (AvgIpc) is 3.39. The van der Waals surface area contributed by atoms with Crippen LogP contribution < -0.4 is 10.6 Å². The number of carbonyl (C=O) groups excluding carboxylic acids is 1. The maximum atomic E-state index is 13.6. The van der Waals surface area contributed by atoms with Crippen LogP contribution in [0.4, 0.5) is 4.39 Å². The summed E-state index contributed by atoms with van der Waals surface area (Å²) in [7, 11) is 0. The van der Waals surface area contributed by atoms with Crippen LogP contribution in [0, 0.1) is 5.82 Å². The lowest BCUT2D eigenvalue weighted by atomic mass is 10.3. The molecule has 3 aromatic heterocycles. The Kier molecular flexibility index (Phi) is 14.4. The molecule has 4 rings (SSSR count). The molecule has 0 aliphatic rings. The number of hydrogen-bond acceptors (Lipinski definition) is 5. The van der Waals surface area contributed by atoms with E-state index in [9.17, 15) is 9.18 Å². The summed E-state index contributed by atoms with van der Waals surface area (Å²) in [5, 5.41) is 10.2. The van der Waals surface area contributed by atoms with Gasteiger partial charge in [-0.1, -0.05) is 12.1 Å². The highest BCUT2D eigenvalue weighted by Crippen LogP contribution is 2.10. The number of benzene rings is 1. The van der Waals surface area contributed by atoms with E-state index in [1.54, 1.807) is 10.9 Å². The van der Waals surface area contributed by atoms with Crippen molar-refractivity contribution in [3.8, 4) is 0 Å². The summed E-state index contributed by atoms with van der Waals surface area (Å²) in [6.45, 7) is 2.15. The van der Waals surface area contributed by atoms with Crippen LogP contribution in [0.1, 0.15) is 21.9 Å². The summed E-state index contributed by atoms with van der Waals surface area (Å²) >= 11 is 0. The van der Waals surface area contributed by atoms with E-state index in [1.165, 1.54) is 24.5 Å². The first kappa shape index (κ1) is 31.6. The molecule has 0 spiro atoms. The van der Waals surface area contributed by atoms with E-state index in [0.29, 0.717) is 18.7 Å². The number of pyridine rings is 1. The number of carbonyl (C=O) groups is 1. The number of nitrogens with one attached hydrogen (secondary N) is 3. The fourth-order valence-corrected chi connectivity index (χ4v) is 3.07. The minimum absolute atomic E-state index is 0. The fourth-order valence-electron chi connectivity index (χ4n) is 3.07. The zero-order chi connectivity index (χ0) is 20.8. The molecule has 13 heteroatoms. The fraction of sp³-hybridized carbons (Fsp3) is 0.238. The molecule has 3 heterocycles. The number of fused-ring (bicyclic) bond motifs is 1. The molecule has 34 heavy (non-hydrogen) atoms. The molecule has 0 bridgehead atoms. The Hall–Kier alpha value is -2.43. The van der Waals surface area contributed by atoms with E-state index in [2.05, 4.69) is 30.7 Å². The quantitative estimate of drug-likeness (QED) is 0.275. The Bertz CT molecular complexity index is 1120. The van der Waals surface area contributed by atoms with Crippen molar-refractivity contribution in [3.05, 3.63) is 77.9 Å². The number of halogens is 5. The van der Waals surface area contributed by atoms with Crippen LogP contribution in [-0.4, -0.2) is 43.7 Å². The largest absolute Gasteiger partial charge is 0.346 e. The Morgan fingerprint density at radius 2 is 1.85 bits per heavy atom. The SMILES string of the molecule is Cl.Cl.Cl.Cl.O=C(NCc1ncccc1F)c1cnn(CCNCCc2nc3ccccc3[nH]2)c1. The van der Waals surface area contributed by atoms with Gasteiger partial charge >= 0.3 is 0 Å². The van der Waals surface area contributed by atoms with Gasteiger partial charge in [-0.2, -0.15) is 5.10 Å². The Balaban J connectivity index is 0.00000272. The molecule has 1 aromatic carbocycles. The molecule has 0 aliphatic heterocycles. The molecule has 0 saturated carbocycles. The molecule has 0 aliphatic carbocycles. The van der Waals surface area contributed by atoms with E-state index < -0.39 is 5.82 Å². The molecular weight excluding hydrogens is 527 g/mol. The molecule has 0 radical (unpaired) electrons. The first-order valence-corrected chi connectivity index (χ1v) is 9.73. The summed E-state index contributed by atoms with van der Waals surface area (Å²) < 4.78 is 15.3. The van der Waals surface area contributed by atoms with E-state index in [1.807, 2.05) is 24.3 Å². The maximum absolute atomic E-state index is 13.6. The summed E-state index contributed by atoms with van der Waals surface area (Å²) in [4.78, 5) is 24.0. The summed E-state index contributed by atoms with van der Waals surface area (Å²) in [6.07, 6.45) is 5.46. The van der Waals surface area contributed by atoms with Gasteiger partial charge in [-0.15, -0.1) is 49.6 Å². The van der Waals surface area contributed by atoms with Crippen molar-refractivity contribution < 1.29 is 9.18 Å². The number of para-hydroxylation sites is 2. The zero-order valence-electron chi connectivity index (χ0n) is 17.9. The van der Waals surface area contributed by atoms with Crippen molar-refractivity contribution in [1.29, 1.82) is 0 Å². The standard InChI is InChI=1S/C21H22FN7O.4ClH/c22-16-4-3-8-24-19(16)13-25-21(30)15-12-26-29(14-15)11-10-23-9-7-20-27-17-5-1-2-6-18(17)28-20;;;;/h1-6,8,12,14,23H,7,9-11,13H2,(H,25,30)(H,27,28);4*1H. The van der Waals surface area contributed by atoms with Gasteiger partial charge in [0.2, 0.25) is 0 Å². The number of rotatable bonds is 9. The van der Waals surface area contributed by atoms with Crippen LogP contribution in [0.2, 0.25) is 0 Å². The van der Waals surface area contributed by atoms with Gasteiger partial charge in [-0.25, -0.2) is 9.37 Å². The summed E-state index contributed by atoms with van der Waals surface area (Å²) in [5.41, 5.74) is 2.64. The van der Waals surface area contributed by atoms with Gasteiger partial charge < -0.3 is 15.6 Å². The van der Waals surface area contributed by atoms with Gasteiger partial charge in [0.1, 0.15) is 11.6 Å². The van der Waals surface area contributed by atoms with Crippen molar-refractivity contribution in [2.45, 2.75) is 19.5 Å². The molecule has 1 amide bonds. The van der Waals surface area contributed by atoms with Crippen molar-refractivity contribution in [2.24, 2.45) is 0 Å². The number of H-pyrrole nitrogens is 1. The van der Waals surface area contributed by atoms with Gasteiger partial charge in [0, 0.05) is 31.9 Å². The van der Waals surface area contributed by atoms with Crippen LogP contribution in [0.3, 0.4) is 0 Å². The van der Waals surface area contributed by atoms with E-state index >= 15 is 0 Å². The third-order valence-electron chi connectivity index (χ3n) is 4.64. The minimum Gasteiger partial charge on any atom is -0.346 e. The first-order chi connectivity index (χ1) is 14.7. The Labute approximate surface area is 221 Å². The highest BCUT2D eigenvalue weighted by molar-refractivity contribution is 5.93. The monoisotopic (exact) mass is 551 g/mol. The maximum Gasteiger partial charge on any atom is 0.254 e. The van der Waals surface area contributed by atoms with Crippen LogP contribution in [-0.2, 0) is 19.5 Å². The highest BCUT2D eigenvalue weighted by atomic mass is 35.5. The first-order valence-electron chi connectivity index (χ1n) is 9.73. The predicted molar refractivity (Wildman–Crippen MR) is 139 cm³/mol. The third kappa shape index (κ3) is 8.41. The predicted octanol–water partition coefficient (Wildman–Crippen LogP) is 3.74. The van der Waals surface area contributed by atoms with Crippen molar-refractivity contribution in [3.63, 3.8) is 0 Å². The third-order valence-corrected chi connectivity index (χ3v) is 4.64. The van der Waals surface area contributed by atoms with Crippen LogP contribution in [0.15, 0.2) is 55.0 Å². The topological polar surface area (TPSA) is 101 Å². The molecule has 4 aromatic rings. The Morgan fingerprint density at radius 3 is 2.62 bits per heavy atom. The van der Waals surface area contributed by atoms with E-state index in [4.69, 9.17) is 0 Å². The number of hydrogen-bond donors (Lipinski definition) is 3. The molecule has 0 fully saturated rings. The lowest BCUT2D eigenvalue weighted by molar-refractivity contribution is 0.0950. The number of nitrogens with zero attached hydrogens (tertiary/aromatic N) is 4. The number of aromatic amines is 1. The number of aromatic nitrogens is 5. The molecular formula is C21H26Cl4FN7O. The van der Waals surface area contributed by atoms with Gasteiger partial charge in [-0.3, -0.25) is 14.5 Å². The molecule has 0 unspecified atom stereocenters. The van der Waals surface area contributed by atoms with Gasteiger partial charge in [-0.05, 0) is 24.3 Å². The van der Waals surface area contributed by atoms with Crippen LogP contribution >= 0.6 is 49.6 Å². The van der Waals surface area contributed by atoms with Gasteiger partial charge in [0.25, 0.3) is 5.91 Å². The summed E-state index contributed by atoms with van der Waals surface area (Å²) in [6, 6.07) is 10.8. The second-order valence-corrected chi connectivity index (χ2v) is 6.81. The van der Waals surface area contributed by atoms with Crippen LogP contribution in [0.25, 0.3) is 11.0 Å². The highest BCUT2D eigenvalue weighted by Gasteiger charge is 2.10. The zero-order valence-corrected chi connectivity index (χ0v) is 21.2.